The Labute approximate surface area is 163 Å². The third-order valence-corrected chi connectivity index (χ3v) is 4.97. The Kier molecular flexibility index (Phi) is 7.17. The molecule has 1 unspecified atom stereocenters. The van der Waals surface area contributed by atoms with E-state index in [4.69, 9.17) is 5.73 Å². The van der Waals surface area contributed by atoms with Crippen molar-refractivity contribution in [2.24, 2.45) is 16.6 Å². The highest BCUT2D eigenvalue weighted by Crippen LogP contribution is 2.29. The van der Waals surface area contributed by atoms with Gasteiger partial charge in [0.1, 0.15) is 11.3 Å². The smallest absolute Gasteiger partial charge is 0.257 e. The molecular weight excluding hydrogens is 338 g/mol. The van der Waals surface area contributed by atoms with Crippen molar-refractivity contribution in [3.05, 3.63) is 35.4 Å². The van der Waals surface area contributed by atoms with E-state index in [9.17, 15) is 9.59 Å². The predicted molar refractivity (Wildman–Crippen MR) is 109 cm³/mol. The number of carbonyl (C=O) groups excluding carboxylic acids is 2. The third-order valence-electron chi connectivity index (χ3n) is 4.97. The molecule has 0 saturated heterocycles. The Morgan fingerprint density at radius 1 is 1.19 bits per heavy atom. The average Bonchev–Trinajstić information content (AvgIpc) is 2.79. The average molecular weight is 372 g/mol. The molecule has 0 aromatic heterocycles. The molecule has 5 heteroatoms. The maximum absolute atomic E-state index is 12.8. The lowest BCUT2D eigenvalue weighted by atomic mass is 9.91. The number of carbonyl (C=O) groups is 2. The minimum absolute atomic E-state index is 0.0381. The number of hydrogen-bond acceptors (Lipinski definition) is 4. The SMILES string of the molecule is CCCCCC(=O)Cc1ccc(CN2C(=O)C(C)(CC(C)C)N=C2N)cc1. The first-order valence-electron chi connectivity index (χ1n) is 10.0. The first-order valence-corrected chi connectivity index (χ1v) is 10.0. The van der Waals surface area contributed by atoms with Gasteiger partial charge in [-0.15, -0.1) is 0 Å². The van der Waals surface area contributed by atoms with Gasteiger partial charge in [0.05, 0.1) is 6.54 Å². The van der Waals surface area contributed by atoms with Crippen molar-refractivity contribution in [1.82, 2.24) is 4.90 Å². The van der Waals surface area contributed by atoms with Crippen molar-refractivity contribution in [2.45, 2.75) is 78.3 Å². The number of Topliss-reactive ketones (excluding diaryl/α,β-unsaturated/α-hetero) is 1. The summed E-state index contributed by atoms with van der Waals surface area (Å²) >= 11 is 0. The molecule has 0 radical (unpaired) electrons. The molecule has 0 bridgehead atoms. The predicted octanol–water partition coefficient (Wildman–Crippen LogP) is 3.84. The number of ketones is 1. The zero-order valence-electron chi connectivity index (χ0n) is 17.1. The highest BCUT2D eigenvalue weighted by Gasteiger charge is 2.43. The summed E-state index contributed by atoms with van der Waals surface area (Å²) in [4.78, 5) is 30.8. The molecule has 1 aliphatic rings. The van der Waals surface area contributed by atoms with E-state index >= 15 is 0 Å². The van der Waals surface area contributed by atoms with E-state index in [0.29, 0.717) is 37.7 Å². The van der Waals surface area contributed by atoms with Gasteiger partial charge in [0.25, 0.3) is 5.91 Å². The molecule has 1 heterocycles. The number of guanidine groups is 1. The van der Waals surface area contributed by atoms with E-state index in [1.165, 1.54) is 0 Å². The highest BCUT2D eigenvalue weighted by molar-refractivity contribution is 6.06. The monoisotopic (exact) mass is 371 g/mol. The minimum atomic E-state index is -0.761. The van der Waals surface area contributed by atoms with Crippen LogP contribution in [0.2, 0.25) is 0 Å². The van der Waals surface area contributed by atoms with Crippen molar-refractivity contribution in [3.8, 4) is 0 Å². The standard InChI is InChI=1S/C22H33N3O2/c1-5-6-7-8-19(26)13-17-9-11-18(12-10-17)15-25-20(27)22(4,14-16(2)3)24-21(25)23/h9-12,16H,5-8,13-15H2,1-4H3,(H2,23,24). The molecule has 1 aromatic rings. The molecule has 0 aliphatic carbocycles. The van der Waals surface area contributed by atoms with Gasteiger partial charge >= 0.3 is 0 Å². The Bertz CT molecular complexity index is 694. The summed E-state index contributed by atoms with van der Waals surface area (Å²) in [5.74, 6) is 0.901. The highest BCUT2D eigenvalue weighted by atomic mass is 16.2. The fraction of sp³-hybridized carbons (Fsp3) is 0.591. The summed E-state index contributed by atoms with van der Waals surface area (Å²) in [5, 5.41) is 0. The molecule has 2 N–H and O–H groups in total. The van der Waals surface area contributed by atoms with Crippen LogP contribution in [0.5, 0.6) is 0 Å². The van der Waals surface area contributed by atoms with Crippen LogP contribution in [-0.2, 0) is 22.6 Å². The van der Waals surface area contributed by atoms with Crippen LogP contribution in [0.25, 0.3) is 0 Å². The van der Waals surface area contributed by atoms with Crippen molar-refractivity contribution in [2.75, 3.05) is 0 Å². The van der Waals surface area contributed by atoms with Gasteiger partial charge in [0.2, 0.25) is 0 Å². The maximum atomic E-state index is 12.8. The van der Waals surface area contributed by atoms with Crippen molar-refractivity contribution in [3.63, 3.8) is 0 Å². The lowest BCUT2D eigenvalue weighted by Gasteiger charge is -2.23. The molecule has 5 nitrogen and oxygen atoms in total. The molecule has 27 heavy (non-hydrogen) atoms. The van der Waals surface area contributed by atoms with E-state index in [1.807, 2.05) is 31.2 Å². The number of nitrogens with two attached hydrogens (primary N) is 1. The van der Waals surface area contributed by atoms with Crippen LogP contribution in [0.15, 0.2) is 29.3 Å². The van der Waals surface area contributed by atoms with Gasteiger partial charge in [-0.3, -0.25) is 14.5 Å². The summed E-state index contributed by atoms with van der Waals surface area (Å²) < 4.78 is 0. The number of nitrogens with zero attached hydrogens (tertiary/aromatic N) is 2. The van der Waals surface area contributed by atoms with Crippen LogP contribution in [0.1, 0.15) is 70.9 Å². The first-order chi connectivity index (χ1) is 12.7. The Hall–Kier alpha value is -2.17. The molecule has 0 saturated carbocycles. The van der Waals surface area contributed by atoms with Crippen molar-refractivity contribution in [1.29, 1.82) is 0 Å². The second kappa shape index (κ2) is 9.16. The molecule has 2 rings (SSSR count). The number of rotatable bonds is 10. The number of benzene rings is 1. The van der Waals surface area contributed by atoms with Gasteiger partial charge in [0, 0.05) is 12.8 Å². The van der Waals surface area contributed by atoms with Gasteiger partial charge in [-0.25, -0.2) is 4.99 Å². The van der Waals surface area contributed by atoms with Crippen LogP contribution in [0, 0.1) is 5.92 Å². The van der Waals surface area contributed by atoms with Crippen LogP contribution >= 0.6 is 0 Å². The Morgan fingerprint density at radius 2 is 1.81 bits per heavy atom. The fourth-order valence-electron chi connectivity index (χ4n) is 3.67. The van der Waals surface area contributed by atoms with Gasteiger partial charge in [-0.2, -0.15) is 0 Å². The van der Waals surface area contributed by atoms with Gasteiger partial charge in [-0.1, -0.05) is 57.9 Å². The van der Waals surface area contributed by atoms with Gasteiger partial charge in [0.15, 0.2) is 5.96 Å². The topological polar surface area (TPSA) is 75.8 Å². The number of unbranched alkanes of at least 4 members (excludes halogenated alkanes) is 2. The fourth-order valence-corrected chi connectivity index (χ4v) is 3.67. The summed E-state index contributed by atoms with van der Waals surface area (Å²) in [7, 11) is 0. The zero-order valence-corrected chi connectivity index (χ0v) is 17.1. The molecule has 1 aromatic carbocycles. The van der Waals surface area contributed by atoms with E-state index in [2.05, 4.69) is 25.8 Å². The lowest BCUT2D eigenvalue weighted by molar-refractivity contribution is -0.131. The molecule has 0 spiro atoms. The largest absolute Gasteiger partial charge is 0.369 e. The summed E-state index contributed by atoms with van der Waals surface area (Å²) in [6, 6.07) is 7.86. The first kappa shape index (κ1) is 21.1. The van der Waals surface area contributed by atoms with Gasteiger partial charge in [-0.05, 0) is 36.8 Å². The Balaban J connectivity index is 1.96. The van der Waals surface area contributed by atoms with Crippen LogP contribution in [0.4, 0.5) is 0 Å². The lowest BCUT2D eigenvalue weighted by Crippen LogP contribution is -2.43. The van der Waals surface area contributed by atoms with E-state index < -0.39 is 5.54 Å². The quantitative estimate of drug-likeness (QED) is 0.635. The zero-order chi connectivity index (χ0) is 20.0. The second-order valence-corrected chi connectivity index (χ2v) is 8.22. The molecular formula is C22H33N3O2. The second-order valence-electron chi connectivity index (χ2n) is 8.22. The van der Waals surface area contributed by atoms with Crippen molar-refractivity contribution < 1.29 is 9.59 Å². The van der Waals surface area contributed by atoms with Crippen LogP contribution in [-0.4, -0.2) is 28.1 Å². The van der Waals surface area contributed by atoms with Crippen LogP contribution in [0.3, 0.4) is 0 Å². The van der Waals surface area contributed by atoms with Gasteiger partial charge < -0.3 is 5.73 Å². The molecule has 1 amide bonds. The van der Waals surface area contributed by atoms with Crippen molar-refractivity contribution >= 4 is 17.6 Å². The summed E-state index contributed by atoms with van der Waals surface area (Å²) in [6.45, 7) is 8.56. The normalized spacial score (nSPS) is 19.7. The molecule has 1 aliphatic heterocycles. The number of hydrogen-bond donors (Lipinski definition) is 1. The van der Waals surface area contributed by atoms with E-state index in [0.717, 1.165) is 30.4 Å². The summed E-state index contributed by atoms with van der Waals surface area (Å²) in [6.07, 6.45) is 5.01. The van der Waals surface area contributed by atoms with E-state index in [-0.39, 0.29) is 11.7 Å². The number of aliphatic imine (C=N–C) groups is 1. The van der Waals surface area contributed by atoms with E-state index in [1.54, 1.807) is 4.90 Å². The third kappa shape index (κ3) is 5.65. The maximum Gasteiger partial charge on any atom is 0.257 e. The minimum Gasteiger partial charge on any atom is -0.369 e. The molecule has 1 atom stereocenters. The summed E-state index contributed by atoms with van der Waals surface area (Å²) in [5.41, 5.74) is 7.27. The Morgan fingerprint density at radius 3 is 2.41 bits per heavy atom. The molecule has 148 valence electrons. The van der Waals surface area contributed by atoms with Crippen LogP contribution < -0.4 is 5.73 Å². The number of amides is 1. The molecule has 0 fully saturated rings.